The van der Waals surface area contributed by atoms with E-state index in [-0.39, 0.29) is 24.5 Å². The highest BCUT2D eigenvalue weighted by molar-refractivity contribution is 5.84. The van der Waals surface area contributed by atoms with Gasteiger partial charge in [-0.2, -0.15) is 0 Å². The van der Waals surface area contributed by atoms with E-state index in [1.807, 2.05) is 31.2 Å². The lowest BCUT2D eigenvalue weighted by Crippen LogP contribution is -2.45. The molecule has 1 aliphatic rings. The Bertz CT molecular complexity index is 528. The molecule has 0 spiro atoms. The first-order valence-corrected chi connectivity index (χ1v) is 8.39. The molecule has 23 heavy (non-hydrogen) atoms. The Balaban J connectivity index is 1.63. The summed E-state index contributed by atoms with van der Waals surface area (Å²) in [5.41, 5.74) is 2.22. The molecule has 3 amide bonds. The van der Waals surface area contributed by atoms with E-state index in [0.717, 1.165) is 24.8 Å². The topological polar surface area (TPSA) is 70.2 Å². The van der Waals surface area contributed by atoms with Gasteiger partial charge in [0.25, 0.3) is 0 Å². The summed E-state index contributed by atoms with van der Waals surface area (Å²) in [7, 11) is 0. The summed E-state index contributed by atoms with van der Waals surface area (Å²) < 4.78 is 0. The Hall–Kier alpha value is -2.04. The second-order valence-corrected chi connectivity index (χ2v) is 6.56. The van der Waals surface area contributed by atoms with Crippen molar-refractivity contribution in [2.24, 2.45) is 5.92 Å². The summed E-state index contributed by atoms with van der Waals surface area (Å²) in [5.74, 6) is 0.550. The van der Waals surface area contributed by atoms with Crippen LogP contribution < -0.4 is 16.0 Å². The number of hydrogen-bond acceptors (Lipinski definition) is 2. The van der Waals surface area contributed by atoms with Gasteiger partial charge in [0.1, 0.15) is 0 Å². The first-order valence-electron chi connectivity index (χ1n) is 8.39. The Morgan fingerprint density at radius 1 is 1.13 bits per heavy atom. The fourth-order valence-electron chi connectivity index (χ4n) is 2.96. The zero-order valence-corrected chi connectivity index (χ0v) is 14.0. The first-order chi connectivity index (χ1) is 11.0. The van der Waals surface area contributed by atoms with Gasteiger partial charge in [0.05, 0.1) is 6.54 Å². The predicted octanol–water partition coefficient (Wildman–Crippen LogP) is 2.49. The van der Waals surface area contributed by atoms with Gasteiger partial charge < -0.3 is 16.0 Å². The molecule has 5 heteroatoms. The molecule has 0 saturated heterocycles. The highest BCUT2D eigenvalue weighted by atomic mass is 16.2. The number of urea groups is 1. The minimum Gasteiger partial charge on any atom is -0.352 e. The van der Waals surface area contributed by atoms with Gasteiger partial charge in [0, 0.05) is 12.6 Å². The van der Waals surface area contributed by atoms with Gasteiger partial charge >= 0.3 is 6.03 Å². The third kappa shape index (κ3) is 6.30. The Labute approximate surface area is 138 Å². The van der Waals surface area contributed by atoms with Crippen molar-refractivity contribution in [3.8, 4) is 0 Å². The van der Waals surface area contributed by atoms with Crippen LogP contribution in [0.1, 0.15) is 43.7 Å². The van der Waals surface area contributed by atoms with Gasteiger partial charge in [-0.15, -0.1) is 0 Å². The van der Waals surface area contributed by atoms with Gasteiger partial charge in [-0.3, -0.25) is 4.79 Å². The maximum atomic E-state index is 11.9. The van der Waals surface area contributed by atoms with Crippen LogP contribution in [0, 0.1) is 12.8 Å². The van der Waals surface area contributed by atoms with E-state index in [0.29, 0.717) is 12.5 Å². The van der Waals surface area contributed by atoms with Crippen molar-refractivity contribution in [3.05, 3.63) is 35.4 Å². The average Bonchev–Trinajstić information content (AvgIpc) is 2.52. The summed E-state index contributed by atoms with van der Waals surface area (Å²) in [6.07, 6.45) is 4.48. The predicted molar refractivity (Wildman–Crippen MR) is 91.0 cm³/mol. The van der Waals surface area contributed by atoms with E-state index in [4.69, 9.17) is 0 Å². The van der Waals surface area contributed by atoms with E-state index >= 15 is 0 Å². The zero-order chi connectivity index (χ0) is 16.7. The molecule has 1 saturated carbocycles. The number of rotatable bonds is 5. The van der Waals surface area contributed by atoms with E-state index in [1.165, 1.54) is 12.0 Å². The van der Waals surface area contributed by atoms with E-state index in [9.17, 15) is 9.59 Å². The molecule has 1 fully saturated rings. The summed E-state index contributed by atoms with van der Waals surface area (Å²) in [6, 6.07) is 7.90. The fraction of sp³-hybridized carbons (Fsp3) is 0.556. The van der Waals surface area contributed by atoms with Crippen LogP contribution >= 0.6 is 0 Å². The molecule has 0 aliphatic heterocycles. The Morgan fingerprint density at radius 2 is 1.87 bits per heavy atom. The Kier molecular flexibility index (Phi) is 6.44. The number of nitrogens with one attached hydrogen (secondary N) is 3. The number of aryl methyl sites for hydroxylation is 1. The molecule has 3 N–H and O–H groups in total. The molecular formula is C18H27N3O2. The van der Waals surface area contributed by atoms with Crippen molar-refractivity contribution in [3.63, 3.8) is 0 Å². The fourth-order valence-corrected chi connectivity index (χ4v) is 2.96. The van der Waals surface area contributed by atoms with Gasteiger partial charge in [-0.1, -0.05) is 49.6 Å². The number of hydrogen-bond donors (Lipinski definition) is 3. The van der Waals surface area contributed by atoms with Crippen LogP contribution in [-0.2, 0) is 11.3 Å². The molecule has 5 nitrogen and oxygen atoms in total. The maximum Gasteiger partial charge on any atom is 0.315 e. The smallest absolute Gasteiger partial charge is 0.315 e. The molecule has 1 aromatic rings. The van der Waals surface area contributed by atoms with Gasteiger partial charge in [-0.25, -0.2) is 4.79 Å². The molecule has 2 atom stereocenters. The van der Waals surface area contributed by atoms with Crippen LogP contribution in [0.3, 0.4) is 0 Å². The third-order valence-electron chi connectivity index (χ3n) is 4.28. The van der Waals surface area contributed by atoms with E-state index < -0.39 is 0 Å². The quantitative estimate of drug-likeness (QED) is 0.781. The van der Waals surface area contributed by atoms with Crippen LogP contribution in [0.2, 0.25) is 0 Å². The monoisotopic (exact) mass is 317 g/mol. The minimum atomic E-state index is -0.322. The van der Waals surface area contributed by atoms with Crippen LogP contribution in [0.25, 0.3) is 0 Å². The molecule has 126 valence electrons. The molecular weight excluding hydrogens is 290 g/mol. The highest BCUT2D eigenvalue weighted by Crippen LogP contribution is 2.23. The van der Waals surface area contributed by atoms with Crippen molar-refractivity contribution in [2.45, 2.75) is 52.1 Å². The second-order valence-electron chi connectivity index (χ2n) is 6.56. The van der Waals surface area contributed by atoms with Crippen molar-refractivity contribution < 1.29 is 9.59 Å². The molecule has 0 aromatic heterocycles. The lowest BCUT2D eigenvalue weighted by molar-refractivity contribution is -0.121. The molecule has 2 unspecified atom stereocenters. The van der Waals surface area contributed by atoms with Crippen LogP contribution in [0.4, 0.5) is 4.79 Å². The van der Waals surface area contributed by atoms with E-state index in [1.54, 1.807) is 0 Å². The molecule has 0 bridgehead atoms. The summed E-state index contributed by atoms with van der Waals surface area (Å²) in [6.45, 7) is 4.71. The van der Waals surface area contributed by atoms with Gasteiger partial charge in [0.15, 0.2) is 0 Å². The molecule has 1 aliphatic carbocycles. The molecule has 0 radical (unpaired) electrons. The van der Waals surface area contributed by atoms with Gasteiger partial charge in [-0.05, 0) is 31.2 Å². The van der Waals surface area contributed by atoms with Gasteiger partial charge in [0.2, 0.25) is 5.91 Å². The Morgan fingerprint density at radius 3 is 2.57 bits per heavy atom. The normalized spacial score (nSPS) is 20.6. The van der Waals surface area contributed by atoms with Crippen molar-refractivity contribution in [1.29, 1.82) is 0 Å². The highest BCUT2D eigenvalue weighted by Gasteiger charge is 2.20. The number of carbonyl (C=O) groups is 2. The van der Waals surface area contributed by atoms with Crippen LogP contribution in [0.5, 0.6) is 0 Å². The number of amides is 3. The summed E-state index contributed by atoms with van der Waals surface area (Å²) >= 11 is 0. The molecule has 1 aromatic carbocycles. The zero-order valence-electron chi connectivity index (χ0n) is 14.0. The standard InChI is InChI=1S/C18H27N3O2/c1-13-6-8-15(9-7-13)11-19-18(23)20-12-17(22)21-16-5-3-4-14(2)10-16/h6-9,14,16H,3-5,10-12H2,1-2H3,(H,21,22)(H2,19,20,23). The molecule has 2 rings (SSSR count). The SMILES string of the molecule is Cc1ccc(CNC(=O)NCC(=O)NC2CCCC(C)C2)cc1. The number of benzene rings is 1. The third-order valence-corrected chi connectivity index (χ3v) is 4.28. The largest absolute Gasteiger partial charge is 0.352 e. The second kappa shape index (κ2) is 8.56. The van der Waals surface area contributed by atoms with Crippen molar-refractivity contribution in [2.75, 3.05) is 6.54 Å². The van der Waals surface area contributed by atoms with Crippen molar-refractivity contribution in [1.82, 2.24) is 16.0 Å². The lowest BCUT2D eigenvalue weighted by Gasteiger charge is -2.27. The summed E-state index contributed by atoms with van der Waals surface area (Å²) in [5, 5.41) is 8.36. The first kappa shape index (κ1) is 17.3. The van der Waals surface area contributed by atoms with E-state index in [2.05, 4.69) is 22.9 Å². The minimum absolute atomic E-state index is 0.0185. The van der Waals surface area contributed by atoms with Crippen LogP contribution in [-0.4, -0.2) is 24.5 Å². The van der Waals surface area contributed by atoms with Crippen molar-refractivity contribution >= 4 is 11.9 Å². The average molecular weight is 317 g/mol. The lowest BCUT2D eigenvalue weighted by atomic mass is 9.87. The number of carbonyl (C=O) groups excluding carboxylic acids is 2. The summed E-state index contributed by atoms with van der Waals surface area (Å²) in [4.78, 5) is 23.6. The maximum absolute atomic E-state index is 11.9. The van der Waals surface area contributed by atoms with Crippen LogP contribution in [0.15, 0.2) is 24.3 Å². The molecule has 0 heterocycles.